The van der Waals surface area contributed by atoms with Gasteiger partial charge in [0.1, 0.15) is 12.4 Å². The summed E-state index contributed by atoms with van der Waals surface area (Å²) >= 11 is 0. The van der Waals surface area contributed by atoms with E-state index in [-0.39, 0.29) is 36.2 Å². The van der Waals surface area contributed by atoms with Gasteiger partial charge in [-0.3, -0.25) is 4.79 Å². The maximum Gasteiger partial charge on any atom is 0.227 e. The zero-order valence-corrected chi connectivity index (χ0v) is 16.1. The topological polar surface area (TPSA) is 50.4 Å². The van der Waals surface area contributed by atoms with Crippen molar-refractivity contribution in [1.29, 1.82) is 0 Å². The van der Waals surface area contributed by atoms with Gasteiger partial charge in [-0.2, -0.15) is 0 Å². The van der Waals surface area contributed by atoms with Crippen molar-refractivity contribution in [1.82, 2.24) is 10.6 Å². The number of amides is 1. The number of nitrogens with one attached hydrogen (secondary N) is 2. The second-order valence-electron chi connectivity index (χ2n) is 7.21. The van der Waals surface area contributed by atoms with E-state index in [1.807, 2.05) is 24.3 Å². The Kier molecular flexibility index (Phi) is 6.52. The van der Waals surface area contributed by atoms with Gasteiger partial charge in [0, 0.05) is 18.5 Å². The van der Waals surface area contributed by atoms with E-state index in [1.54, 1.807) is 6.07 Å². The Morgan fingerprint density at radius 3 is 2.79 bits per heavy atom. The van der Waals surface area contributed by atoms with Gasteiger partial charge in [0.25, 0.3) is 0 Å². The van der Waals surface area contributed by atoms with Crippen molar-refractivity contribution < 1.29 is 18.3 Å². The molecule has 0 spiro atoms. The summed E-state index contributed by atoms with van der Waals surface area (Å²) in [4.78, 5) is 12.8. The SMILES string of the molecule is Cl.O=C(NC1CNCCC1c1ccc(F)c(F)c1)C1COc2ccccc2C1. The molecule has 3 atom stereocenters. The third-order valence-corrected chi connectivity index (χ3v) is 5.43. The van der Waals surface area contributed by atoms with Gasteiger partial charge in [0.2, 0.25) is 5.91 Å². The number of benzene rings is 2. The Morgan fingerprint density at radius 2 is 1.96 bits per heavy atom. The van der Waals surface area contributed by atoms with Gasteiger partial charge in [-0.15, -0.1) is 12.4 Å². The van der Waals surface area contributed by atoms with Crippen LogP contribution in [0.25, 0.3) is 0 Å². The fourth-order valence-electron chi connectivity index (χ4n) is 3.95. The van der Waals surface area contributed by atoms with E-state index in [0.29, 0.717) is 25.1 Å². The summed E-state index contributed by atoms with van der Waals surface area (Å²) in [6, 6.07) is 11.6. The third-order valence-electron chi connectivity index (χ3n) is 5.43. The fourth-order valence-corrected chi connectivity index (χ4v) is 3.95. The van der Waals surface area contributed by atoms with Crippen LogP contribution in [0, 0.1) is 17.6 Å². The Labute approximate surface area is 169 Å². The summed E-state index contributed by atoms with van der Waals surface area (Å²) in [6.45, 7) is 1.72. The van der Waals surface area contributed by atoms with Crippen LogP contribution >= 0.6 is 12.4 Å². The molecule has 2 aliphatic rings. The number of para-hydroxylation sites is 1. The number of rotatable bonds is 3. The molecule has 0 aromatic heterocycles. The highest BCUT2D eigenvalue weighted by Gasteiger charge is 2.32. The van der Waals surface area contributed by atoms with Crippen molar-refractivity contribution in [2.75, 3.05) is 19.7 Å². The molecule has 0 aliphatic carbocycles. The maximum absolute atomic E-state index is 13.7. The molecule has 1 fully saturated rings. The van der Waals surface area contributed by atoms with Gasteiger partial charge in [-0.1, -0.05) is 24.3 Å². The lowest BCUT2D eigenvalue weighted by molar-refractivity contribution is -0.127. The Hall–Kier alpha value is -2.18. The van der Waals surface area contributed by atoms with E-state index in [2.05, 4.69) is 10.6 Å². The molecule has 1 amide bonds. The molecular formula is C21H23ClF2N2O2. The summed E-state index contributed by atoms with van der Waals surface area (Å²) in [6.07, 6.45) is 1.39. The maximum atomic E-state index is 13.7. The van der Waals surface area contributed by atoms with Gasteiger partial charge in [0.15, 0.2) is 11.6 Å². The fraction of sp³-hybridized carbons (Fsp3) is 0.381. The first kappa shape index (κ1) is 20.6. The summed E-state index contributed by atoms with van der Waals surface area (Å²) in [5.74, 6) is -1.25. The Bertz CT molecular complexity index is 849. The normalized spacial score (nSPS) is 23.7. The van der Waals surface area contributed by atoms with E-state index < -0.39 is 11.6 Å². The average molecular weight is 409 g/mol. The summed E-state index contributed by atoms with van der Waals surface area (Å²) in [5, 5.41) is 6.38. The number of hydrogen-bond donors (Lipinski definition) is 2. The molecule has 2 N–H and O–H groups in total. The lowest BCUT2D eigenvalue weighted by Gasteiger charge is -2.35. The number of carbonyl (C=O) groups is 1. The minimum atomic E-state index is -0.855. The van der Waals surface area contributed by atoms with E-state index in [1.165, 1.54) is 6.07 Å². The second-order valence-corrected chi connectivity index (χ2v) is 7.21. The lowest BCUT2D eigenvalue weighted by Crippen LogP contribution is -2.52. The van der Waals surface area contributed by atoms with Crippen molar-refractivity contribution in [3.63, 3.8) is 0 Å². The molecule has 0 radical (unpaired) electrons. The van der Waals surface area contributed by atoms with E-state index in [0.717, 1.165) is 30.3 Å². The van der Waals surface area contributed by atoms with Crippen molar-refractivity contribution in [2.24, 2.45) is 5.92 Å². The first-order valence-corrected chi connectivity index (χ1v) is 9.28. The summed E-state index contributed by atoms with van der Waals surface area (Å²) in [7, 11) is 0. The largest absolute Gasteiger partial charge is 0.492 e. The van der Waals surface area contributed by atoms with Crippen LogP contribution in [0.4, 0.5) is 8.78 Å². The number of fused-ring (bicyclic) bond motifs is 1. The molecule has 2 aliphatic heterocycles. The molecular weight excluding hydrogens is 386 g/mol. The lowest BCUT2D eigenvalue weighted by atomic mass is 9.85. The number of carbonyl (C=O) groups excluding carboxylic acids is 1. The quantitative estimate of drug-likeness (QED) is 0.820. The first-order chi connectivity index (χ1) is 13.1. The second kappa shape index (κ2) is 8.88. The van der Waals surface area contributed by atoms with Crippen molar-refractivity contribution in [2.45, 2.75) is 24.8 Å². The minimum Gasteiger partial charge on any atom is -0.492 e. The number of piperidine rings is 1. The predicted octanol–water partition coefficient (Wildman–Crippen LogP) is 3.20. The number of hydrogen-bond acceptors (Lipinski definition) is 3. The summed E-state index contributed by atoms with van der Waals surface area (Å²) in [5.41, 5.74) is 1.74. The van der Waals surface area contributed by atoms with Crippen LogP contribution in [0.3, 0.4) is 0 Å². The Morgan fingerprint density at radius 1 is 1.14 bits per heavy atom. The van der Waals surface area contributed by atoms with Gasteiger partial charge >= 0.3 is 0 Å². The average Bonchev–Trinajstić information content (AvgIpc) is 2.70. The van der Waals surface area contributed by atoms with E-state index >= 15 is 0 Å². The van der Waals surface area contributed by atoms with Crippen LogP contribution in [0.15, 0.2) is 42.5 Å². The zero-order chi connectivity index (χ0) is 18.8. The van der Waals surface area contributed by atoms with Gasteiger partial charge < -0.3 is 15.4 Å². The van der Waals surface area contributed by atoms with E-state index in [4.69, 9.17) is 4.74 Å². The van der Waals surface area contributed by atoms with Gasteiger partial charge in [-0.25, -0.2) is 8.78 Å². The van der Waals surface area contributed by atoms with Crippen LogP contribution in [-0.4, -0.2) is 31.6 Å². The monoisotopic (exact) mass is 408 g/mol. The summed E-state index contributed by atoms with van der Waals surface area (Å²) < 4.78 is 32.6. The van der Waals surface area contributed by atoms with Gasteiger partial charge in [0.05, 0.1) is 5.92 Å². The molecule has 4 rings (SSSR count). The van der Waals surface area contributed by atoms with Crippen LogP contribution in [0.1, 0.15) is 23.5 Å². The molecule has 150 valence electrons. The molecule has 28 heavy (non-hydrogen) atoms. The van der Waals surface area contributed by atoms with Crippen LogP contribution in [-0.2, 0) is 11.2 Å². The number of halogens is 3. The highest BCUT2D eigenvalue weighted by molar-refractivity contribution is 5.85. The van der Waals surface area contributed by atoms with Crippen LogP contribution in [0.5, 0.6) is 5.75 Å². The highest BCUT2D eigenvalue weighted by Crippen LogP contribution is 2.29. The van der Waals surface area contributed by atoms with Crippen molar-refractivity contribution >= 4 is 18.3 Å². The van der Waals surface area contributed by atoms with E-state index in [9.17, 15) is 13.6 Å². The molecule has 2 heterocycles. The minimum absolute atomic E-state index is 0. The predicted molar refractivity (Wildman–Crippen MR) is 105 cm³/mol. The standard InChI is InChI=1S/C21H22F2N2O2.ClH/c22-17-6-5-13(10-18(17)23)16-7-8-24-11-19(16)25-21(26)15-9-14-3-1-2-4-20(14)27-12-15;/h1-6,10,15-16,19,24H,7-9,11-12H2,(H,25,26);1H. The van der Waals surface area contributed by atoms with Crippen molar-refractivity contribution in [3.05, 3.63) is 65.2 Å². The smallest absolute Gasteiger partial charge is 0.227 e. The molecule has 7 heteroatoms. The van der Waals surface area contributed by atoms with Crippen LogP contribution in [0.2, 0.25) is 0 Å². The molecule has 1 saturated heterocycles. The highest BCUT2D eigenvalue weighted by atomic mass is 35.5. The third kappa shape index (κ3) is 4.28. The van der Waals surface area contributed by atoms with Crippen molar-refractivity contribution in [3.8, 4) is 5.75 Å². The molecule has 0 bridgehead atoms. The first-order valence-electron chi connectivity index (χ1n) is 9.28. The zero-order valence-electron chi connectivity index (χ0n) is 15.3. The molecule has 2 aromatic rings. The molecule has 2 aromatic carbocycles. The molecule has 3 unspecified atom stereocenters. The number of ether oxygens (including phenoxy) is 1. The molecule has 4 nitrogen and oxygen atoms in total. The van der Waals surface area contributed by atoms with Crippen LogP contribution < -0.4 is 15.4 Å². The Balaban J connectivity index is 0.00000225. The molecule has 0 saturated carbocycles. The van der Waals surface area contributed by atoms with Gasteiger partial charge in [-0.05, 0) is 48.7 Å².